The van der Waals surface area contributed by atoms with E-state index in [4.69, 9.17) is 14.4 Å². The van der Waals surface area contributed by atoms with Crippen molar-refractivity contribution in [2.75, 3.05) is 16.8 Å². The standard InChI is InChI=1S/C23H26N8O2/c32-22(25-14-5-3-6-14)17-13-19(30-29-17)27-21-20-16(9-12-33-20)26-23(28-21)31-11-4-8-18(31)15-7-1-2-10-24-15/h1-2,7,9-10,12-14,18,22,25,32H,3-6,8,11H2,(H2,26,27,28,29,30). The molecule has 1 saturated heterocycles. The number of aromatic amines is 1. The number of aliphatic hydroxyl groups is 1. The zero-order valence-electron chi connectivity index (χ0n) is 18.1. The van der Waals surface area contributed by atoms with E-state index in [1.54, 1.807) is 12.3 Å². The van der Waals surface area contributed by atoms with Gasteiger partial charge in [0.2, 0.25) is 5.95 Å². The third-order valence-corrected chi connectivity index (χ3v) is 6.47. The van der Waals surface area contributed by atoms with Crippen molar-refractivity contribution in [3.8, 4) is 0 Å². The van der Waals surface area contributed by atoms with Gasteiger partial charge >= 0.3 is 0 Å². The largest absolute Gasteiger partial charge is 0.459 e. The number of fused-ring (bicyclic) bond motifs is 1. The highest BCUT2D eigenvalue weighted by Gasteiger charge is 2.30. The van der Waals surface area contributed by atoms with Gasteiger partial charge in [0.25, 0.3) is 0 Å². The van der Waals surface area contributed by atoms with Crippen LogP contribution in [0, 0.1) is 0 Å². The Balaban J connectivity index is 1.27. The summed E-state index contributed by atoms with van der Waals surface area (Å²) in [5.41, 5.74) is 2.90. The molecule has 4 N–H and O–H groups in total. The van der Waals surface area contributed by atoms with Gasteiger partial charge < -0.3 is 19.7 Å². The first-order valence-corrected chi connectivity index (χ1v) is 11.4. The topological polar surface area (TPSA) is 128 Å². The number of hydrogen-bond donors (Lipinski definition) is 4. The van der Waals surface area contributed by atoms with Gasteiger partial charge in [-0.05, 0) is 37.8 Å². The van der Waals surface area contributed by atoms with Crippen molar-refractivity contribution in [1.82, 2.24) is 30.5 Å². The third-order valence-electron chi connectivity index (χ3n) is 6.47. The predicted molar refractivity (Wildman–Crippen MR) is 123 cm³/mol. The van der Waals surface area contributed by atoms with Gasteiger partial charge in [0.15, 0.2) is 17.2 Å². The first kappa shape index (κ1) is 20.1. The number of hydrogen-bond acceptors (Lipinski definition) is 9. The minimum Gasteiger partial charge on any atom is -0.459 e. The Morgan fingerprint density at radius 2 is 2.09 bits per heavy atom. The number of pyridine rings is 1. The number of rotatable bonds is 7. The van der Waals surface area contributed by atoms with E-state index in [0.29, 0.717) is 34.9 Å². The Kier molecular flexibility index (Phi) is 5.16. The number of nitrogens with one attached hydrogen (secondary N) is 3. The molecule has 10 heteroatoms. The second kappa shape index (κ2) is 8.45. The zero-order chi connectivity index (χ0) is 22.2. The molecule has 2 atom stereocenters. The average molecular weight is 447 g/mol. The molecule has 6 rings (SSSR count). The minimum absolute atomic E-state index is 0.133. The lowest BCUT2D eigenvalue weighted by molar-refractivity contribution is 0.101. The summed E-state index contributed by atoms with van der Waals surface area (Å²) >= 11 is 0. The average Bonchev–Trinajstić information content (AvgIpc) is 3.57. The van der Waals surface area contributed by atoms with Crippen LogP contribution in [-0.2, 0) is 0 Å². The molecule has 0 aromatic carbocycles. The molecule has 10 nitrogen and oxygen atoms in total. The van der Waals surface area contributed by atoms with Crippen molar-refractivity contribution in [2.45, 2.75) is 50.4 Å². The quantitative estimate of drug-likeness (QED) is 0.315. The van der Waals surface area contributed by atoms with E-state index in [1.807, 2.05) is 30.5 Å². The fourth-order valence-electron chi connectivity index (χ4n) is 4.50. The number of nitrogens with zero attached hydrogens (tertiary/aromatic N) is 5. The summed E-state index contributed by atoms with van der Waals surface area (Å²) in [5.74, 6) is 1.71. The number of H-pyrrole nitrogens is 1. The first-order valence-electron chi connectivity index (χ1n) is 11.4. The summed E-state index contributed by atoms with van der Waals surface area (Å²) in [5, 5.41) is 24.1. The van der Waals surface area contributed by atoms with E-state index in [2.05, 4.69) is 30.7 Å². The van der Waals surface area contributed by atoms with Crippen LogP contribution in [0.3, 0.4) is 0 Å². The summed E-state index contributed by atoms with van der Waals surface area (Å²) in [6, 6.07) is 10.1. The van der Waals surface area contributed by atoms with E-state index in [9.17, 15) is 5.11 Å². The molecule has 1 aliphatic heterocycles. The van der Waals surface area contributed by atoms with Crippen LogP contribution in [0.1, 0.15) is 55.8 Å². The van der Waals surface area contributed by atoms with Crippen LogP contribution < -0.4 is 15.5 Å². The smallest absolute Gasteiger partial charge is 0.228 e. The lowest BCUT2D eigenvalue weighted by Crippen LogP contribution is -2.37. The van der Waals surface area contributed by atoms with Crippen molar-refractivity contribution >= 4 is 28.7 Å². The molecule has 2 unspecified atom stereocenters. The Hall–Kier alpha value is -3.50. The molecule has 5 heterocycles. The fourth-order valence-corrected chi connectivity index (χ4v) is 4.50. The molecule has 1 saturated carbocycles. The van der Waals surface area contributed by atoms with E-state index in [0.717, 1.165) is 43.4 Å². The molecule has 0 amide bonds. The van der Waals surface area contributed by atoms with E-state index in [1.165, 1.54) is 6.42 Å². The SMILES string of the molecule is OC(NC1CCC1)c1cc(Nc2nc(N3CCCC3c3ccccn3)nc3ccoc23)n[nH]1. The highest BCUT2D eigenvalue weighted by atomic mass is 16.3. The van der Waals surface area contributed by atoms with Gasteiger partial charge in [-0.15, -0.1) is 0 Å². The van der Waals surface area contributed by atoms with Gasteiger partial charge in [-0.1, -0.05) is 12.5 Å². The monoisotopic (exact) mass is 446 g/mol. The maximum Gasteiger partial charge on any atom is 0.228 e. The molecular weight excluding hydrogens is 420 g/mol. The summed E-state index contributed by atoms with van der Waals surface area (Å²) in [6.45, 7) is 0.857. The van der Waals surface area contributed by atoms with E-state index < -0.39 is 6.23 Å². The Bertz CT molecular complexity index is 1240. The van der Waals surface area contributed by atoms with Crippen LogP contribution >= 0.6 is 0 Å². The van der Waals surface area contributed by atoms with Crippen LogP contribution in [0.2, 0.25) is 0 Å². The second-order valence-corrected chi connectivity index (χ2v) is 8.64. The van der Waals surface area contributed by atoms with Crippen LogP contribution in [0.15, 0.2) is 47.2 Å². The number of furan rings is 1. The van der Waals surface area contributed by atoms with Gasteiger partial charge in [0.05, 0.1) is 23.7 Å². The van der Waals surface area contributed by atoms with Crippen molar-refractivity contribution < 1.29 is 9.52 Å². The number of aliphatic hydroxyl groups excluding tert-OH is 1. The molecule has 170 valence electrons. The predicted octanol–water partition coefficient (Wildman–Crippen LogP) is 3.56. The van der Waals surface area contributed by atoms with E-state index >= 15 is 0 Å². The molecule has 4 aromatic heterocycles. The van der Waals surface area contributed by atoms with Crippen LogP contribution in [0.25, 0.3) is 11.1 Å². The van der Waals surface area contributed by atoms with Crippen LogP contribution in [0.5, 0.6) is 0 Å². The molecule has 33 heavy (non-hydrogen) atoms. The van der Waals surface area contributed by atoms with Crippen molar-refractivity contribution in [3.63, 3.8) is 0 Å². The normalized spacial score (nSPS) is 19.7. The Morgan fingerprint density at radius 3 is 2.91 bits per heavy atom. The van der Waals surface area contributed by atoms with Crippen molar-refractivity contribution in [3.05, 3.63) is 54.2 Å². The molecular formula is C23H26N8O2. The molecule has 4 aromatic rings. The Morgan fingerprint density at radius 1 is 1.15 bits per heavy atom. The first-order chi connectivity index (χ1) is 16.2. The van der Waals surface area contributed by atoms with Gasteiger partial charge in [-0.2, -0.15) is 10.1 Å². The maximum atomic E-state index is 10.4. The van der Waals surface area contributed by atoms with Gasteiger partial charge in [-0.3, -0.25) is 15.4 Å². The number of aromatic nitrogens is 5. The van der Waals surface area contributed by atoms with Gasteiger partial charge in [0.1, 0.15) is 11.7 Å². The highest BCUT2D eigenvalue weighted by molar-refractivity contribution is 5.86. The molecule has 1 aliphatic carbocycles. The number of anilines is 3. The summed E-state index contributed by atoms with van der Waals surface area (Å²) in [4.78, 5) is 16.3. The lowest BCUT2D eigenvalue weighted by Gasteiger charge is -2.28. The lowest BCUT2D eigenvalue weighted by atomic mass is 9.93. The van der Waals surface area contributed by atoms with Gasteiger partial charge in [-0.25, -0.2) is 4.98 Å². The second-order valence-electron chi connectivity index (χ2n) is 8.64. The van der Waals surface area contributed by atoms with E-state index in [-0.39, 0.29) is 6.04 Å². The minimum atomic E-state index is -0.785. The summed E-state index contributed by atoms with van der Waals surface area (Å²) in [6.07, 6.45) is 8.07. The van der Waals surface area contributed by atoms with Crippen LogP contribution in [-0.4, -0.2) is 42.8 Å². The molecule has 0 radical (unpaired) electrons. The molecule has 0 spiro atoms. The Labute approximate surface area is 190 Å². The highest BCUT2D eigenvalue weighted by Crippen LogP contribution is 2.36. The van der Waals surface area contributed by atoms with Crippen LogP contribution in [0.4, 0.5) is 17.6 Å². The van der Waals surface area contributed by atoms with Gasteiger partial charge in [0, 0.05) is 30.9 Å². The fraction of sp³-hybridized carbons (Fsp3) is 0.391. The molecule has 2 aliphatic rings. The maximum absolute atomic E-state index is 10.4. The third kappa shape index (κ3) is 3.91. The zero-order valence-corrected chi connectivity index (χ0v) is 18.1. The molecule has 2 fully saturated rings. The molecule has 0 bridgehead atoms. The summed E-state index contributed by atoms with van der Waals surface area (Å²) in [7, 11) is 0. The van der Waals surface area contributed by atoms with Crippen molar-refractivity contribution in [1.29, 1.82) is 0 Å². The van der Waals surface area contributed by atoms with Crippen molar-refractivity contribution in [2.24, 2.45) is 0 Å². The summed E-state index contributed by atoms with van der Waals surface area (Å²) < 4.78 is 5.66.